The number of fused-ring (bicyclic) bond motifs is 1. The zero-order valence-electron chi connectivity index (χ0n) is 20.1. The minimum Gasteiger partial charge on any atom is -0.332 e. The number of rotatable bonds is 10. The van der Waals surface area contributed by atoms with Crippen LogP contribution in [0.4, 0.5) is 0 Å². The number of carbonyl (C=O) groups excluding carboxylic acids is 1. The average molecular weight is 455 g/mol. The number of hydrogen-bond donors (Lipinski definition) is 1. The number of benzene rings is 3. The van der Waals surface area contributed by atoms with Gasteiger partial charge in [-0.2, -0.15) is 0 Å². The lowest BCUT2D eigenvalue weighted by Crippen LogP contribution is -2.41. The fourth-order valence-electron chi connectivity index (χ4n) is 4.60. The van der Waals surface area contributed by atoms with E-state index in [1.54, 1.807) is 0 Å². The molecular formula is C29H34N4O. The van der Waals surface area contributed by atoms with Gasteiger partial charge in [0.25, 0.3) is 0 Å². The Morgan fingerprint density at radius 2 is 1.53 bits per heavy atom. The molecule has 1 unspecified atom stereocenters. The first-order valence-corrected chi connectivity index (χ1v) is 12.1. The summed E-state index contributed by atoms with van der Waals surface area (Å²) in [7, 11) is 0. The van der Waals surface area contributed by atoms with Crippen molar-refractivity contribution in [2.45, 2.75) is 39.3 Å². The number of nitrogens with zero attached hydrogens (tertiary/aromatic N) is 3. The lowest BCUT2D eigenvalue weighted by atomic mass is 9.99. The van der Waals surface area contributed by atoms with Gasteiger partial charge in [0, 0.05) is 13.1 Å². The molecule has 1 atom stereocenters. The molecule has 0 aliphatic rings. The van der Waals surface area contributed by atoms with Gasteiger partial charge in [0.05, 0.1) is 23.5 Å². The van der Waals surface area contributed by atoms with E-state index >= 15 is 0 Å². The maximum absolute atomic E-state index is 13.7. The van der Waals surface area contributed by atoms with Gasteiger partial charge in [-0.1, -0.05) is 86.6 Å². The van der Waals surface area contributed by atoms with Gasteiger partial charge in [-0.3, -0.25) is 4.79 Å². The molecule has 176 valence electrons. The van der Waals surface area contributed by atoms with Crippen molar-refractivity contribution in [2.24, 2.45) is 11.7 Å². The Morgan fingerprint density at radius 1 is 0.912 bits per heavy atom. The van der Waals surface area contributed by atoms with Crippen molar-refractivity contribution >= 4 is 16.9 Å². The lowest BCUT2D eigenvalue weighted by Gasteiger charge is -2.35. The van der Waals surface area contributed by atoms with Crippen LogP contribution in [0.2, 0.25) is 0 Å². The standard InChI is InChI=1S/C29H34N4O/c1-22(2)28(32(19-11-18-30)27(34)20-23-12-5-3-6-13-23)29-31-25-16-9-10-17-26(25)33(29)21-24-14-7-4-8-15-24/h3-10,12-17,22,28H,11,18-21,30H2,1-2H3. The van der Waals surface area contributed by atoms with Crippen molar-refractivity contribution in [3.8, 4) is 0 Å². The first-order valence-electron chi connectivity index (χ1n) is 12.1. The highest BCUT2D eigenvalue weighted by Crippen LogP contribution is 2.32. The molecular weight excluding hydrogens is 420 g/mol. The van der Waals surface area contributed by atoms with Gasteiger partial charge in [-0.25, -0.2) is 4.98 Å². The van der Waals surface area contributed by atoms with Gasteiger partial charge in [-0.05, 0) is 42.1 Å². The van der Waals surface area contributed by atoms with Crippen LogP contribution in [0, 0.1) is 5.92 Å². The van der Waals surface area contributed by atoms with E-state index in [2.05, 4.69) is 48.7 Å². The van der Waals surface area contributed by atoms with E-state index in [9.17, 15) is 4.79 Å². The fraction of sp³-hybridized carbons (Fsp3) is 0.310. The molecule has 0 aliphatic carbocycles. The number of para-hydroxylation sites is 2. The molecule has 0 spiro atoms. The quantitative estimate of drug-likeness (QED) is 0.358. The van der Waals surface area contributed by atoms with E-state index < -0.39 is 0 Å². The summed E-state index contributed by atoms with van der Waals surface area (Å²) in [4.78, 5) is 20.8. The van der Waals surface area contributed by atoms with E-state index in [0.717, 1.165) is 28.8 Å². The van der Waals surface area contributed by atoms with Crippen LogP contribution in [0.15, 0.2) is 84.9 Å². The number of amides is 1. The molecule has 2 N–H and O–H groups in total. The van der Waals surface area contributed by atoms with Crippen molar-refractivity contribution in [3.05, 3.63) is 102 Å². The van der Waals surface area contributed by atoms with Crippen LogP contribution >= 0.6 is 0 Å². The molecule has 0 fully saturated rings. The van der Waals surface area contributed by atoms with Crippen LogP contribution < -0.4 is 5.73 Å². The molecule has 5 heteroatoms. The summed E-state index contributed by atoms with van der Waals surface area (Å²) < 4.78 is 2.28. The molecule has 1 heterocycles. The zero-order chi connectivity index (χ0) is 23.9. The maximum Gasteiger partial charge on any atom is 0.227 e. The van der Waals surface area contributed by atoms with Gasteiger partial charge in [-0.15, -0.1) is 0 Å². The van der Waals surface area contributed by atoms with Crippen molar-refractivity contribution in [3.63, 3.8) is 0 Å². The van der Waals surface area contributed by atoms with E-state index in [4.69, 9.17) is 10.7 Å². The third-order valence-corrected chi connectivity index (χ3v) is 6.22. The Hall–Kier alpha value is -3.44. The van der Waals surface area contributed by atoms with Crippen LogP contribution in [0.25, 0.3) is 11.0 Å². The van der Waals surface area contributed by atoms with Crippen molar-refractivity contribution < 1.29 is 4.79 Å². The van der Waals surface area contributed by atoms with Crippen LogP contribution in [0.3, 0.4) is 0 Å². The molecule has 0 bridgehead atoms. The molecule has 3 aromatic carbocycles. The normalized spacial score (nSPS) is 12.2. The van der Waals surface area contributed by atoms with Crippen molar-refractivity contribution in [2.75, 3.05) is 13.1 Å². The highest BCUT2D eigenvalue weighted by Gasteiger charge is 2.32. The fourth-order valence-corrected chi connectivity index (χ4v) is 4.60. The average Bonchev–Trinajstić information content (AvgIpc) is 3.20. The molecule has 5 nitrogen and oxygen atoms in total. The Bertz CT molecular complexity index is 1200. The Balaban J connectivity index is 1.77. The third-order valence-electron chi connectivity index (χ3n) is 6.22. The van der Waals surface area contributed by atoms with E-state index in [0.29, 0.717) is 26.1 Å². The Kier molecular flexibility index (Phi) is 7.76. The molecule has 4 rings (SSSR count). The Morgan fingerprint density at radius 3 is 2.18 bits per heavy atom. The molecule has 0 radical (unpaired) electrons. The third kappa shape index (κ3) is 5.37. The monoisotopic (exact) mass is 454 g/mol. The molecule has 0 saturated heterocycles. The summed E-state index contributed by atoms with van der Waals surface area (Å²) >= 11 is 0. The molecule has 0 saturated carbocycles. The minimum absolute atomic E-state index is 0.108. The zero-order valence-corrected chi connectivity index (χ0v) is 20.1. The van der Waals surface area contributed by atoms with E-state index in [1.165, 1.54) is 5.56 Å². The van der Waals surface area contributed by atoms with Gasteiger partial charge >= 0.3 is 0 Å². The summed E-state index contributed by atoms with van der Waals surface area (Å²) in [6.07, 6.45) is 1.12. The number of aromatic nitrogens is 2. The molecule has 1 amide bonds. The predicted molar refractivity (Wildman–Crippen MR) is 138 cm³/mol. The second kappa shape index (κ2) is 11.1. The molecule has 4 aromatic rings. The number of hydrogen-bond acceptors (Lipinski definition) is 3. The van der Waals surface area contributed by atoms with Gasteiger partial charge < -0.3 is 15.2 Å². The second-order valence-electron chi connectivity index (χ2n) is 9.11. The number of imidazole rings is 1. The van der Waals surface area contributed by atoms with Crippen LogP contribution in [-0.4, -0.2) is 33.4 Å². The van der Waals surface area contributed by atoms with Crippen LogP contribution in [0.1, 0.15) is 43.3 Å². The van der Waals surface area contributed by atoms with Gasteiger partial charge in [0.15, 0.2) is 0 Å². The SMILES string of the molecule is CC(C)C(c1nc2ccccc2n1Cc1ccccc1)N(CCCN)C(=O)Cc1ccccc1. The number of carbonyl (C=O) groups is 1. The summed E-state index contributed by atoms with van der Waals surface area (Å²) in [5.41, 5.74) is 10.1. The highest BCUT2D eigenvalue weighted by atomic mass is 16.2. The van der Waals surface area contributed by atoms with Crippen molar-refractivity contribution in [1.82, 2.24) is 14.5 Å². The highest BCUT2D eigenvalue weighted by molar-refractivity contribution is 5.80. The summed E-state index contributed by atoms with van der Waals surface area (Å²) in [6, 6.07) is 28.4. The smallest absolute Gasteiger partial charge is 0.227 e. The Labute approximate surface area is 202 Å². The first-order chi connectivity index (χ1) is 16.6. The van der Waals surface area contributed by atoms with Gasteiger partial charge in [0.2, 0.25) is 5.91 Å². The van der Waals surface area contributed by atoms with E-state index in [1.807, 2.05) is 59.5 Å². The van der Waals surface area contributed by atoms with E-state index in [-0.39, 0.29) is 17.9 Å². The van der Waals surface area contributed by atoms with Crippen molar-refractivity contribution in [1.29, 1.82) is 0 Å². The summed E-state index contributed by atoms with van der Waals surface area (Å²) in [5.74, 6) is 1.22. The summed E-state index contributed by atoms with van der Waals surface area (Å²) in [6.45, 7) is 6.20. The topological polar surface area (TPSA) is 64.2 Å². The lowest BCUT2D eigenvalue weighted by molar-refractivity contribution is -0.134. The second-order valence-corrected chi connectivity index (χ2v) is 9.11. The minimum atomic E-state index is -0.154. The predicted octanol–water partition coefficient (Wildman–Crippen LogP) is 5.20. The maximum atomic E-state index is 13.7. The largest absolute Gasteiger partial charge is 0.332 e. The van der Waals surface area contributed by atoms with Gasteiger partial charge in [0.1, 0.15) is 5.82 Å². The molecule has 34 heavy (non-hydrogen) atoms. The molecule has 1 aromatic heterocycles. The first kappa shape index (κ1) is 23.7. The summed E-state index contributed by atoms with van der Waals surface area (Å²) in [5, 5.41) is 0. The van der Waals surface area contributed by atoms with Crippen LogP contribution in [0.5, 0.6) is 0 Å². The molecule has 0 aliphatic heterocycles. The van der Waals surface area contributed by atoms with Crippen LogP contribution in [-0.2, 0) is 17.8 Å². The number of nitrogens with two attached hydrogens (primary N) is 1.